The van der Waals surface area contributed by atoms with Crippen LogP contribution in [0.5, 0.6) is 0 Å². The highest BCUT2D eigenvalue weighted by Gasteiger charge is 2.22. The molecule has 0 aromatic heterocycles. The summed E-state index contributed by atoms with van der Waals surface area (Å²) in [5.41, 5.74) is 3.07. The first-order valence-corrected chi connectivity index (χ1v) is 6.77. The van der Waals surface area contributed by atoms with Gasteiger partial charge in [-0.2, -0.15) is 0 Å². The Balaban J connectivity index is 2.04. The van der Waals surface area contributed by atoms with Crippen molar-refractivity contribution in [1.82, 2.24) is 0 Å². The normalized spacial score (nSPS) is 22.3. The fraction of sp³-hybridized carbons (Fsp3) is 0.538. The Morgan fingerprint density at radius 2 is 1.95 bits per heavy atom. The molecule has 0 aliphatic heterocycles. The minimum Gasteiger partial charge on any atom is -0.393 e. The molecular formula is C13H20N4O3. The largest absolute Gasteiger partial charge is 0.393 e. The van der Waals surface area contributed by atoms with Crippen LogP contribution < -0.4 is 16.6 Å². The van der Waals surface area contributed by atoms with Gasteiger partial charge in [-0.3, -0.25) is 16.0 Å². The van der Waals surface area contributed by atoms with Gasteiger partial charge in [0.1, 0.15) is 11.4 Å². The van der Waals surface area contributed by atoms with Crippen LogP contribution >= 0.6 is 0 Å². The number of nitrogen functional groups attached to an aromatic ring is 1. The standard InChI is InChI=1S/C13H20N4O3/c14-16-12-3-1-2-11(13(12)17(19)20)15-8-9-4-6-10(18)7-5-9/h1-3,9-10,15-16,18H,4-8,14H2. The van der Waals surface area contributed by atoms with Crippen LogP contribution in [0, 0.1) is 16.0 Å². The molecule has 0 atom stereocenters. The molecule has 1 saturated carbocycles. The second-order valence-corrected chi connectivity index (χ2v) is 5.16. The van der Waals surface area contributed by atoms with Gasteiger partial charge in [0.05, 0.1) is 11.0 Å². The number of hydrazine groups is 1. The highest BCUT2D eigenvalue weighted by atomic mass is 16.6. The van der Waals surface area contributed by atoms with Gasteiger partial charge in [0.2, 0.25) is 0 Å². The summed E-state index contributed by atoms with van der Waals surface area (Å²) in [5, 5.41) is 23.7. The van der Waals surface area contributed by atoms with Crippen LogP contribution in [0.25, 0.3) is 0 Å². The van der Waals surface area contributed by atoms with Crippen molar-refractivity contribution in [3.05, 3.63) is 28.3 Å². The number of benzene rings is 1. The molecule has 0 saturated heterocycles. The molecule has 0 unspecified atom stereocenters. The summed E-state index contributed by atoms with van der Waals surface area (Å²) in [5.74, 6) is 5.74. The van der Waals surface area contributed by atoms with Gasteiger partial charge in [-0.05, 0) is 43.7 Å². The Hall–Kier alpha value is -1.86. The average molecular weight is 280 g/mol. The molecule has 7 nitrogen and oxygen atoms in total. The molecule has 2 rings (SSSR count). The Morgan fingerprint density at radius 3 is 2.55 bits per heavy atom. The Bertz CT molecular complexity index is 473. The third-order valence-corrected chi connectivity index (χ3v) is 3.77. The first-order valence-electron chi connectivity index (χ1n) is 6.77. The number of para-hydroxylation sites is 1. The average Bonchev–Trinajstić information content (AvgIpc) is 2.46. The molecule has 1 aromatic carbocycles. The zero-order valence-electron chi connectivity index (χ0n) is 11.2. The third kappa shape index (κ3) is 3.37. The maximum absolute atomic E-state index is 11.1. The summed E-state index contributed by atoms with van der Waals surface area (Å²) in [6.45, 7) is 0.668. The first-order chi connectivity index (χ1) is 9.61. The number of nitro benzene ring substituents is 1. The van der Waals surface area contributed by atoms with E-state index >= 15 is 0 Å². The van der Waals surface area contributed by atoms with Crippen molar-refractivity contribution in [2.45, 2.75) is 31.8 Å². The second kappa shape index (κ2) is 6.53. The molecule has 1 aliphatic carbocycles. The van der Waals surface area contributed by atoms with Gasteiger partial charge in [0, 0.05) is 6.54 Å². The maximum atomic E-state index is 11.1. The summed E-state index contributed by atoms with van der Waals surface area (Å²) >= 11 is 0. The van der Waals surface area contributed by atoms with E-state index in [9.17, 15) is 15.2 Å². The van der Waals surface area contributed by atoms with Crippen LogP contribution in [0.4, 0.5) is 17.1 Å². The molecule has 1 aromatic rings. The Labute approximate surface area is 117 Å². The van der Waals surface area contributed by atoms with Crippen molar-refractivity contribution in [2.75, 3.05) is 17.3 Å². The van der Waals surface area contributed by atoms with Crippen molar-refractivity contribution in [3.63, 3.8) is 0 Å². The Morgan fingerprint density at radius 1 is 1.30 bits per heavy atom. The van der Waals surface area contributed by atoms with Gasteiger partial charge in [-0.25, -0.2) is 0 Å². The number of anilines is 2. The third-order valence-electron chi connectivity index (χ3n) is 3.77. The summed E-state index contributed by atoms with van der Waals surface area (Å²) < 4.78 is 0. The number of aliphatic hydroxyl groups is 1. The van der Waals surface area contributed by atoms with Gasteiger partial charge in [0.15, 0.2) is 0 Å². The first kappa shape index (κ1) is 14.5. The minimum absolute atomic E-state index is 0.0363. The van der Waals surface area contributed by atoms with E-state index in [-0.39, 0.29) is 11.8 Å². The summed E-state index contributed by atoms with van der Waals surface area (Å²) in [6, 6.07) is 4.96. The van der Waals surface area contributed by atoms with Crippen molar-refractivity contribution in [3.8, 4) is 0 Å². The van der Waals surface area contributed by atoms with E-state index in [4.69, 9.17) is 5.84 Å². The maximum Gasteiger partial charge on any atom is 0.316 e. The topological polar surface area (TPSA) is 113 Å². The monoisotopic (exact) mass is 280 g/mol. The number of rotatable bonds is 5. The molecule has 0 spiro atoms. The number of nitrogens with two attached hydrogens (primary N) is 1. The number of nitro groups is 1. The number of hydrogen-bond acceptors (Lipinski definition) is 6. The van der Waals surface area contributed by atoms with Crippen molar-refractivity contribution in [1.29, 1.82) is 0 Å². The highest BCUT2D eigenvalue weighted by Crippen LogP contribution is 2.33. The quantitative estimate of drug-likeness (QED) is 0.372. The van der Waals surface area contributed by atoms with Gasteiger partial charge in [-0.15, -0.1) is 0 Å². The highest BCUT2D eigenvalue weighted by molar-refractivity contribution is 5.75. The molecule has 0 radical (unpaired) electrons. The van der Waals surface area contributed by atoms with Crippen molar-refractivity contribution in [2.24, 2.45) is 11.8 Å². The predicted octanol–water partition coefficient (Wildman–Crippen LogP) is 1.84. The lowest BCUT2D eigenvalue weighted by atomic mass is 9.87. The fourth-order valence-corrected chi connectivity index (χ4v) is 2.60. The molecule has 1 fully saturated rings. The number of nitrogens with one attached hydrogen (secondary N) is 2. The van der Waals surface area contributed by atoms with Gasteiger partial charge in [0.25, 0.3) is 0 Å². The molecule has 7 heteroatoms. The van der Waals surface area contributed by atoms with Gasteiger partial charge >= 0.3 is 5.69 Å². The Kier molecular flexibility index (Phi) is 4.75. The smallest absolute Gasteiger partial charge is 0.316 e. The van der Waals surface area contributed by atoms with Gasteiger partial charge < -0.3 is 15.8 Å². The molecule has 5 N–H and O–H groups in total. The van der Waals surface area contributed by atoms with E-state index in [1.807, 2.05) is 0 Å². The van der Waals surface area contributed by atoms with E-state index in [0.29, 0.717) is 23.8 Å². The number of aliphatic hydroxyl groups excluding tert-OH is 1. The van der Waals surface area contributed by atoms with Crippen LogP contribution in [0.3, 0.4) is 0 Å². The van der Waals surface area contributed by atoms with Crippen LogP contribution in [-0.2, 0) is 0 Å². The molecule has 0 amide bonds. The summed E-state index contributed by atoms with van der Waals surface area (Å²) in [4.78, 5) is 10.7. The van der Waals surface area contributed by atoms with Crippen molar-refractivity contribution < 1.29 is 10.0 Å². The summed E-state index contributed by atoms with van der Waals surface area (Å²) in [7, 11) is 0. The van der Waals surface area contributed by atoms with E-state index in [2.05, 4.69) is 10.7 Å². The number of nitrogens with zero attached hydrogens (tertiary/aromatic N) is 1. The molecule has 1 aliphatic rings. The van der Waals surface area contributed by atoms with E-state index in [1.165, 1.54) is 0 Å². The molecule has 0 heterocycles. The van der Waals surface area contributed by atoms with Crippen LogP contribution in [0.2, 0.25) is 0 Å². The SMILES string of the molecule is NNc1cccc(NCC2CCC(O)CC2)c1[N+](=O)[O-]. The fourth-order valence-electron chi connectivity index (χ4n) is 2.60. The lowest BCUT2D eigenvalue weighted by Gasteiger charge is -2.25. The van der Waals surface area contributed by atoms with E-state index < -0.39 is 4.92 Å². The lowest BCUT2D eigenvalue weighted by Crippen LogP contribution is -2.23. The molecular weight excluding hydrogens is 260 g/mol. The van der Waals surface area contributed by atoms with Crippen LogP contribution in [0.15, 0.2) is 18.2 Å². The lowest BCUT2D eigenvalue weighted by molar-refractivity contribution is -0.383. The minimum atomic E-state index is -0.442. The molecule has 20 heavy (non-hydrogen) atoms. The van der Waals surface area contributed by atoms with Crippen LogP contribution in [0.1, 0.15) is 25.7 Å². The predicted molar refractivity (Wildman–Crippen MR) is 77.4 cm³/mol. The zero-order chi connectivity index (χ0) is 14.5. The molecule has 0 bridgehead atoms. The number of hydrogen-bond donors (Lipinski definition) is 4. The summed E-state index contributed by atoms with van der Waals surface area (Å²) in [6.07, 6.45) is 3.30. The second-order valence-electron chi connectivity index (χ2n) is 5.16. The van der Waals surface area contributed by atoms with Crippen LogP contribution in [-0.4, -0.2) is 22.7 Å². The van der Waals surface area contributed by atoms with E-state index in [1.54, 1.807) is 18.2 Å². The molecule has 110 valence electrons. The van der Waals surface area contributed by atoms with E-state index in [0.717, 1.165) is 25.7 Å². The van der Waals surface area contributed by atoms with Gasteiger partial charge in [-0.1, -0.05) is 6.07 Å². The van der Waals surface area contributed by atoms with Crippen molar-refractivity contribution >= 4 is 17.1 Å². The zero-order valence-corrected chi connectivity index (χ0v) is 11.2.